The molecule has 3 heterocycles. The molecule has 3 aliphatic rings. The summed E-state index contributed by atoms with van der Waals surface area (Å²) in [6, 6.07) is 7.87. The van der Waals surface area contributed by atoms with Gasteiger partial charge in [-0.1, -0.05) is 24.6 Å². The van der Waals surface area contributed by atoms with E-state index >= 15 is 0 Å². The molecule has 10 heteroatoms. The van der Waals surface area contributed by atoms with Gasteiger partial charge in [-0.05, 0) is 30.9 Å². The Kier molecular flexibility index (Phi) is 6.43. The van der Waals surface area contributed by atoms with Gasteiger partial charge in [-0.2, -0.15) is 11.8 Å². The number of urea groups is 1. The molecule has 3 atom stereocenters. The highest BCUT2D eigenvalue weighted by Crippen LogP contribution is 2.33. The SMILES string of the molecule is O=C(CCCC[C@@H]1SC[C@@H]2NC(=O)N[C@@H]21)NCCS(=O)(=O)N1CCc2ccccc21. The van der Waals surface area contributed by atoms with Crippen LogP contribution in [-0.4, -0.2) is 62.3 Å². The molecular weight excluding hydrogens is 424 g/mol. The number of unbranched alkanes of at least 4 members (excludes halogenated alkanes) is 1. The Morgan fingerprint density at radius 3 is 2.93 bits per heavy atom. The van der Waals surface area contributed by atoms with Crippen molar-refractivity contribution in [1.82, 2.24) is 16.0 Å². The number of carbonyl (C=O) groups is 2. The highest BCUT2D eigenvalue weighted by atomic mass is 32.2. The number of hydrogen-bond acceptors (Lipinski definition) is 5. The molecular formula is C20H28N4O4S2. The Balaban J connectivity index is 1.13. The van der Waals surface area contributed by atoms with Gasteiger partial charge in [0.2, 0.25) is 15.9 Å². The monoisotopic (exact) mass is 452 g/mol. The highest BCUT2D eigenvalue weighted by molar-refractivity contribution is 8.00. The fraction of sp³-hybridized carbons (Fsp3) is 0.600. The van der Waals surface area contributed by atoms with Crippen LogP contribution in [0.5, 0.6) is 0 Å². The molecule has 0 radical (unpaired) electrons. The maximum Gasteiger partial charge on any atom is 0.315 e. The first-order valence-electron chi connectivity index (χ1n) is 10.5. The number of carbonyl (C=O) groups excluding carboxylic acids is 2. The number of sulfonamides is 1. The quantitative estimate of drug-likeness (QED) is 0.386. The third kappa shape index (κ3) is 4.69. The van der Waals surface area contributed by atoms with Crippen LogP contribution in [0.25, 0.3) is 0 Å². The van der Waals surface area contributed by atoms with Crippen molar-refractivity contribution in [3.05, 3.63) is 29.8 Å². The molecule has 8 nitrogen and oxygen atoms in total. The Labute approximate surface area is 181 Å². The van der Waals surface area contributed by atoms with Crippen LogP contribution in [0.1, 0.15) is 31.2 Å². The minimum absolute atomic E-state index is 0.0814. The molecule has 0 bridgehead atoms. The van der Waals surface area contributed by atoms with Crippen LogP contribution < -0.4 is 20.3 Å². The van der Waals surface area contributed by atoms with Crippen molar-refractivity contribution in [2.45, 2.75) is 49.4 Å². The maximum absolute atomic E-state index is 12.6. The van der Waals surface area contributed by atoms with E-state index < -0.39 is 10.0 Å². The molecule has 0 aromatic heterocycles. The lowest BCUT2D eigenvalue weighted by molar-refractivity contribution is -0.121. The molecule has 1 aromatic carbocycles. The smallest absolute Gasteiger partial charge is 0.315 e. The summed E-state index contributed by atoms with van der Waals surface area (Å²) in [4.78, 5) is 23.5. The first kappa shape index (κ1) is 21.3. The molecule has 3 aliphatic heterocycles. The molecule has 2 saturated heterocycles. The summed E-state index contributed by atoms with van der Waals surface area (Å²) in [7, 11) is -3.44. The molecule has 4 rings (SSSR count). The van der Waals surface area contributed by atoms with Crippen LogP contribution in [-0.2, 0) is 21.2 Å². The van der Waals surface area contributed by atoms with E-state index in [1.165, 1.54) is 4.31 Å². The Bertz CT molecular complexity index is 908. The summed E-state index contributed by atoms with van der Waals surface area (Å²) < 4.78 is 26.7. The molecule has 3 N–H and O–H groups in total. The van der Waals surface area contributed by atoms with Gasteiger partial charge in [-0.25, -0.2) is 13.2 Å². The fourth-order valence-electron chi connectivity index (χ4n) is 4.39. The summed E-state index contributed by atoms with van der Waals surface area (Å²) in [5, 5.41) is 9.04. The minimum Gasteiger partial charge on any atom is -0.355 e. The minimum atomic E-state index is -3.44. The molecule has 164 valence electrons. The number of rotatable bonds is 9. The Morgan fingerprint density at radius 2 is 2.07 bits per heavy atom. The number of nitrogens with zero attached hydrogens (tertiary/aromatic N) is 1. The summed E-state index contributed by atoms with van der Waals surface area (Å²) in [5.41, 5.74) is 1.80. The van der Waals surface area contributed by atoms with Crippen LogP contribution in [0, 0.1) is 0 Å². The molecule has 0 aliphatic carbocycles. The maximum atomic E-state index is 12.6. The van der Waals surface area contributed by atoms with E-state index in [1.54, 1.807) is 0 Å². The summed E-state index contributed by atoms with van der Waals surface area (Å²) in [6.07, 6.45) is 3.75. The van der Waals surface area contributed by atoms with Crippen molar-refractivity contribution in [2.75, 3.05) is 28.9 Å². The van der Waals surface area contributed by atoms with Crippen molar-refractivity contribution < 1.29 is 18.0 Å². The van der Waals surface area contributed by atoms with E-state index in [0.29, 0.717) is 18.2 Å². The second kappa shape index (κ2) is 9.05. The predicted octanol–water partition coefficient (Wildman–Crippen LogP) is 1.22. The second-order valence-corrected chi connectivity index (χ2v) is 11.3. The number of benzene rings is 1. The van der Waals surface area contributed by atoms with Gasteiger partial charge in [0.05, 0.1) is 23.5 Å². The van der Waals surface area contributed by atoms with Gasteiger partial charge in [0, 0.05) is 30.5 Å². The molecule has 3 amide bonds. The van der Waals surface area contributed by atoms with Gasteiger partial charge in [-0.15, -0.1) is 0 Å². The number of thioether (sulfide) groups is 1. The molecule has 1 aromatic rings. The normalized spacial score (nSPS) is 24.9. The molecule has 30 heavy (non-hydrogen) atoms. The summed E-state index contributed by atoms with van der Waals surface area (Å²) >= 11 is 1.87. The van der Waals surface area contributed by atoms with E-state index in [9.17, 15) is 18.0 Å². The molecule has 0 spiro atoms. The van der Waals surface area contributed by atoms with Gasteiger partial charge in [0.25, 0.3) is 0 Å². The Morgan fingerprint density at radius 1 is 1.23 bits per heavy atom. The van der Waals surface area contributed by atoms with E-state index in [-0.39, 0.29) is 36.3 Å². The van der Waals surface area contributed by atoms with Crippen molar-refractivity contribution in [3.8, 4) is 0 Å². The van der Waals surface area contributed by atoms with Crippen LogP contribution in [0.3, 0.4) is 0 Å². The number of para-hydroxylation sites is 1. The van der Waals surface area contributed by atoms with E-state index in [2.05, 4.69) is 16.0 Å². The summed E-state index contributed by atoms with van der Waals surface area (Å²) in [6.45, 7) is 0.590. The lowest BCUT2D eigenvalue weighted by Gasteiger charge is -2.19. The molecule has 0 unspecified atom stereocenters. The zero-order chi connectivity index (χ0) is 21.1. The zero-order valence-electron chi connectivity index (χ0n) is 16.8. The average Bonchev–Trinajstić information content (AvgIpc) is 3.39. The Hall–Kier alpha value is -1.94. The predicted molar refractivity (Wildman–Crippen MR) is 118 cm³/mol. The number of amides is 3. The van der Waals surface area contributed by atoms with Crippen molar-refractivity contribution >= 4 is 39.4 Å². The van der Waals surface area contributed by atoms with Gasteiger partial charge in [0.1, 0.15) is 0 Å². The van der Waals surface area contributed by atoms with Crippen LogP contribution >= 0.6 is 11.8 Å². The second-order valence-electron chi connectivity index (χ2n) is 7.98. The number of hydrogen-bond donors (Lipinski definition) is 3. The molecule has 0 saturated carbocycles. The first-order valence-corrected chi connectivity index (χ1v) is 13.1. The van der Waals surface area contributed by atoms with Crippen LogP contribution in [0.4, 0.5) is 10.5 Å². The largest absolute Gasteiger partial charge is 0.355 e. The van der Waals surface area contributed by atoms with Gasteiger partial charge < -0.3 is 16.0 Å². The lowest BCUT2D eigenvalue weighted by Crippen LogP contribution is -2.37. The number of fused-ring (bicyclic) bond motifs is 2. The van der Waals surface area contributed by atoms with Crippen LogP contribution in [0.2, 0.25) is 0 Å². The van der Waals surface area contributed by atoms with Crippen molar-refractivity contribution in [1.29, 1.82) is 0 Å². The van der Waals surface area contributed by atoms with Gasteiger partial charge in [-0.3, -0.25) is 9.10 Å². The van der Waals surface area contributed by atoms with Crippen LogP contribution in [0.15, 0.2) is 24.3 Å². The van der Waals surface area contributed by atoms with Crippen molar-refractivity contribution in [3.63, 3.8) is 0 Å². The van der Waals surface area contributed by atoms with Gasteiger partial charge in [0.15, 0.2) is 0 Å². The third-order valence-electron chi connectivity index (χ3n) is 5.94. The summed E-state index contributed by atoms with van der Waals surface area (Å²) in [5.74, 6) is 0.728. The standard InChI is InChI=1S/C20H28N4O4S2/c25-18(8-4-3-7-17-19-15(13-29-17)22-20(26)23-19)21-10-12-30(27,28)24-11-9-14-5-1-2-6-16(14)24/h1-2,5-6,15,17,19H,3-4,7-13H2,(H,21,25)(H2,22,23,26)/t15-,17-,19-/m0/s1. The van der Waals surface area contributed by atoms with E-state index in [0.717, 1.165) is 42.7 Å². The topological polar surface area (TPSA) is 108 Å². The third-order valence-corrected chi connectivity index (χ3v) is 9.22. The number of nitrogens with one attached hydrogen (secondary N) is 3. The first-order chi connectivity index (χ1) is 14.4. The fourth-order valence-corrected chi connectivity index (χ4v) is 7.36. The molecule has 2 fully saturated rings. The lowest BCUT2D eigenvalue weighted by atomic mass is 10.0. The van der Waals surface area contributed by atoms with Crippen molar-refractivity contribution in [2.24, 2.45) is 0 Å². The average molecular weight is 453 g/mol. The zero-order valence-corrected chi connectivity index (χ0v) is 18.4. The van der Waals surface area contributed by atoms with E-state index in [1.807, 2.05) is 36.0 Å². The van der Waals surface area contributed by atoms with Gasteiger partial charge >= 0.3 is 6.03 Å². The van der Waals surface area contributed by atoms with E-state index in [4.69, 9.17) is 0 Å². The highest BCUT2D eigenvalue weighted by Gasteiger charge is 2.42. The number of anilines is 1.